The summed E-state index contributed by atoms with van der Waals surface area (Å²) < 4.78 is 27.7. The number of ether oxygens (including phenoxy) is 1. The first-order valence-electron chi connectivity index (χ1n) is 6.66. The fraction of sp³-hybridized carbons (Fsp3) is 0.133. The third-order valence-electron chi connectivity index (χ3n) is 2.88. The van der Waals surface area contributed by atoms with E-state index in [0.29, 0.717) is 16.5 Å². The van der Waals surface area contributed by atoms with Crippen molar-refractivity contribution in [3.63, 3.8) is 0 Å². The van der Waals surface area contributed by atoms with E-state index in [1.165, 1.54) is 24.3 Å². The minimum atomic E-state index is -3.74. The fourth-order valence-corrected chi connectivity index (χ4v) is 2.39. The Bertz CT molecular complexity index is 774. The Morgan fingerprint density at radius 2 is 1.70 bits per heavy atom. The van der Waals surface area contributed by atoms with Gasteiger partial charge in [-0.1, -0.05) is 11.6 Å². The van der Waals surface area contributed by atoms with E-state index in [1.54, 1.807) is 24.3 Å². The number of rotatable bonds is 6. The predicted octanol–water partition coefficient (Wildman–Crippen LogP) is 2.40. The molecule has 0 aromatic heterocycles. The van der Waals surface area contributed by atoms with E-state index in [9.17, 15) is 13.2 Å². The highest BCUT2D eigenvalue weighted by molar-refractivity contribution is 7.89. The summed E-state index contributed by atoms with van der Waals surface area (Å²) in [7, 11) is -3.74. The molecule has 0 saturated heterocycles. The van der Waals surface area contributed by atoms with Gasteiger partial charge in [-0.3, -0.25) is 4.79 Å². The van der Waals surface area contributed by atoms with Crippen LogP contribution in [0.5, 0.6) is 5.75 Å². The average molecular weight is 355 g/mol. The van der Waals surface area contributed by atoms with Gasteiger partial charge >= 0.3 is 0 Å². The van der Waals surface area contributed by atoms with Crippen LogP contribution < -0.4 is 15.2 Å². The summed E-state index contributed by atoms with van der Waals surface area (Å²) in [4.78, 5) is 11.8. The quantitative estimate of drug-likeness (QED) is 0.832. The maximum atomic E-state index is 11.8. The van der Waals surface area contributed by atoms with Crippen molar-refractivity contribution in [2.45, 2.75) is 11.3 Å². The van der Waals surface area contributed by atoms with Crippen LogP contribution in [0.2, 0.25) is 5.02 Å². The van der Waals surface area contributed by atoms with Crippen molar-refractivity contribution in [2.24, 2.45) is 5.14 Å². The number of nitrogens with one attached hydrogen (secondary N) is 1. The lowest BCUT2D eigenvalue weighted by molar-refractivity contribution is -0.116. The minimum Gasteiger partial charge on any atom is -0.493 e. The van der Waals surface area contributed by atoms with Gasteiger partial charge in [-0.15, -0.1) is 0 Å². The van der Waals surface area contributed by atoms with Crippen molar-refractivity contribution in [3.05, 3.63) is 53.6 Å². The van der Waals surface area contributed by atoms with Crippen molar-refractivity contribution in [3.8, 4) is 5.75 Å². The third kappa shape index (κ3) is 5.55. The molecule has 0 atom stereocenters. The number of anilines is 1. The van der Waals surface area contributed by atoms with E-state index in [-0.39, 0.29) is 23.8 Å². The molecule has 2 rings (SSSR count). The normalized spacial score (nSPS) is 11.0. The lowest BCUT2D eigenvalue weighted by Gasteiger charge is -2.08. The second-order valence-electron chi connectivity index (χ2n) is 4.67. The molecule has 122 valence electrons. The first-order valence-corrected chi connectivity index (χ1v) is 8.58. The van der Waals surface area contributed by atoms with Gasteiger partial charge in [-0.05, 0) is 48.5 Å². The van der Waals surface area contributed by atoms with Crippen molar-refractivity contribution in [2.75, 3.05) is 11.9 Å². The molecule has 3 N–H and O–H groups in total. The molecule has 0 heterocycles. The number of primary sulfonamides is 1. The molecule has 2 aromatic carbocycles. The first kappa shape index (κ1) is 17.3. The smallest absolute Gasteiger partial charge is 0.238 e. The molecule has 8 heteroatoms. The molecule has 6 nitrogen and oxygen atoms in total. The van der Waals surface area contributed by atoms with Crippen LogP contribution in [-0.4, -0.2) is 20.9 Å². The molecule has 1 amide bonds. The Kier molecular flexibility index (Phi) is 5.59. The summed E-state index contributed by atoms with van der Waals surface area (Å²) in [5, 5.41) is 8.25. The van der Waals surface area contributed by atoms with Crippen molar-refractivity contribution < 1.29 is 17.9 Å². The van der Waals surface area contributed by atoms with E-state index < -0.39 is 10.0 Å². The van der Waals surface area contributed by atoms with Crippen molar-refractivity contribution >= 4 is 33.2 Å². The van der Waals surface area contributed by atoms with Gasteiger partial charge in [0.2, 0.25) is 15.9 Å². The van der Waals surface area contributed by atoms with Crippen molar-refractivity contribution in [1.29, 1.82) is 0 Å². The van der Waals surface area contributed by atoms with E-state index in [0.717, 1.165) is 0 Å². The van der Waals surface area contributed by atoms with Crippen LogP contribution >= 0.6 is 11.6 Å². The number of nitrogens with two attached hydrogens (primary N) is 1. The lowest BCUT2D eigenvalue weighted by atomic mass is 10.3. The summed E-state index contributed by atoms with van der Waals surface area (Å²) >= 11 is 5.76. The number of hydrogen-bond donors (Lipinski definition) is 2. The Hall–Kier alpha value is -2.09. The molecule has 0 radical (unpaired) electrons. The summed E-state index contributed by atoms with van der Waals surface area (Å²) in [5.74, 6) is 0.377. The van der Waals surface area contributed by atoms with Gasteiger partial charge in [0.15, 0.2) is 0 Å². The number of carbonyl (C=O) groups is 1. The highest BCUT2D eigenvalue weighted by Gasteiger charge is 2.08. The van der Waals surface area contributed by atoms with Crippen LogP contribution in [-0.2, 0) is 14.8 Å². The maximum absolute atomic E-state index is 11.8. The molecule has 0 fully saturated rings. The van der Waals surface area contributed by atoms with Gasteiger partial charge in [0.05, 0.1) is 17.9 Å². The van der Waals surface area contributed by atoms with Gasteiger partial charge < -0.3 is 10.1 Å². The van der Waals surface area contributed by atoms with Gasteiger partial charge in [0.25, 0.3) is 0 Å². The molecular formula is C15H15ClN2O4S. The SMILES string of the molecule is NS(=O)(=O)c1ccc(NC(=O)CCOc2ccc(Cl)cc2)cc1. The van der Waals surface area contributed by atoms with Gasteiger partial charge in [-0.2, -0.15) is 0 Å². The lowest BCUT2D eigenvalue weighted by Crippen LogP contribution is -2.16. The van der Waals surface area contributed by atoms with Crippen LogP contribution in [0.25, 0.3) is 0 Å². The van der Waals surface area contributed by atoms with Crippen molar-refractivity contribution in [1.82, 2.24) is 0 Å². The second kappa shape index (κ2) is 7.45. The molecule has 0 unspecified atom stereocenters. The van der Waals surface area contributed by atoms with Crippen LogP contribution in [0.15, 0.2) is 53.4 Å². The van der Waals surface area contributed by atoms with Gasteiger partial charge in [0, 0.05) is 10.7 Å². The zero-order valence-electron chi connectivity index (χ0n) is 12.0. The summed E-state index contributed by atoms with van der Waals surface area (Å²) in [6.45, 7) is 0.211. The highest BCUT2D eigenvalue weighted by Crippen LogP contribution is 2.16. The summed E-state index contributed by atoms with van der Waals surface area (Å²) in [6.07, 6.45) is 0.152. The maximum Gasteiger partial charge on any atom is 0.238 e. The number of hydrogen-bond acceptors (Lipinski definition) is 4. The number of benzene rings is 2. The second-order valence-corrected chi connectivity index (χ2v) is 6.67. The number of amides is 1. The Balaban J connectivity index is 1.81. The molecule has 0 aliphatic heterocycles. The van der Waals surface area contributed by atoms with E-state index in [1.807, 2.05) is 0 Å². The largest absolute Gasteiger partial charge is 0.493 e. The Morgan fingerprint density at radius 3 is 2.26 bits per heavy atom. The Morgan fingerprint density at radius 1 is 1.09 bits per heavy atom. The van der Waals surface area contributed by atoms with E-state index >= 15 is 0 Å². The molecule has 0 saturated carbocycles. The Labute approximate surface area is 139 Å². The van der Waals surface area contributed by atoms with Crippen LogP contribution in [0.4, 0.5) is 5.69 Å². The van der Waals surface area contributed by atoms with E-state index in [4.69, 9.17) is 21.5 Å². The zero-order valence-corrected chi connectivity index (χ0v) is 13.6. The standard InChI is InChI=1S/C15H15ClN2O4S/c16-11-1-5-13(6-2-11)22-10-9-15(19)18-12-3-7-14(8-4-12)23(17,20)21/h1-8H,9-10H2,(H,18,19)(H2,17,20,21). The molecule has 0 aliphatic rings. The third-order valence-corrected chi connectivity index (χ3v) is 4.06. The molecule has 0 aliphatic carbocycles. The molecule has 0 bridgehead atoms. The van der Waals surface area contributed by atoms with Gasteiger partial charge in [-0.25, -0.2) is 13.6 Å². The molecule has 0 spiro atoms. The first-order chi connectivity index (χ1) is 10.8. The monoisotopic (exact) mass is 354 g/mol. The van der Waals surface area contributed by atoms with E-state index in [2.05, 4.69) is 5.32 Å². The predicted molar refractivity (Wildman–Crippen MR) is 88.0 cm³/mol. The average Bonchev–Trinajstić information content (AvgIpc) is 2.49. The minimum absolute atomic E-state index is 0.0124. The summed E-state index contributed by atoms with van der Waals surface area (Å²) in [6, 6.07) is 12.4. The topological polar surface area (TPSA) is 98.5 Å². The van der Waals surface area contributed by atoms with Crippen LogP contribution in [0, 0.1) is 0 Å². The molecule has 2 aromatic rings. The molecule has 23 heavy (non-hydrogen) atoms. The highest BCUT2D eigenvalue weighted by atomic mass is 35.5. The van der Waals surface area contributed by atoms with Crippen LogP contribution in [0.1, 0.15) is 6.42 Å². The number of halogens is 1. The van der Waals surface area contributed by atoms with Gasteiger partial charge in [0.1, 0.15) is 5.75 Å². The van der Waals surface area contributed by atoms with Crippen LogP contribution in [0.3, 0.4) is 0 Å². The fourth-order valence-electron chi connectivity index (χ4n) is 1.74. The summed E-state index contributed by atoms with van der Waals surface area (Å²) in [5.41, 5.74) is 0.480. The zero-order chi connectivity index (χ0) is 16.9. The number of sulfonamides is 1. The number of carbonyl (C=O) groups excluding carboxylic acids is 1. The molecular weight excluding hydrogens is 340 g/mol.